The highest BCUT2D eigenvalue weighted by Gasteiger charge is 2.51. The molecule has 1 aromatic rings. The number of nitrogens with one attached hydrogen (secondary N) is 1. The molecule has 1 atom stereocenters. The van der Waals surface area contributed by atoms with Crippen molar-refractivity contribution in [1.82, 2.24) is 10.2 Å². The molecule has 0 amide bonds. The second kappa shape index (κ2) is 10.7. The number of aliphatic hydroxyl groups is 1. The molecule has 1 unspecified atom stereocenters. The van der Waals surface area contributed by atoms with E-state index >= 15 is 0 Å². The lowest BCUT2D eigenvalue weighted by atomic mass is 9.78. The minimum Gasteiger partial charge on any atom is -0.458 e. The third-order valence-corrected chi connectivity index (χ3v) is 14.1. The molecule has 0 aromatic heterocycles. The molecule has 0 saturated heterocycles. The van der Waals surface area contributed by atoms with Gasteiger partial charge >= 0.3 is 13.6 Å². The zero-order valence-corrected chi connectivity index (χ0v) is 25.9. The molecule has 9 nitrogen and oxygen atoms in total. The number of carbonyl (C=O) groups excluding carboxylic acids is 2. The van der Waals surface area contributed by atoms with Crippen LogP contribution in [-0.4, -0.2) is 62.4 Å². The predicted octanol–water partition coefficient (Wildman–Crippen LogP) is 4.71. The van der Waals surface area contributed by atoms with E-state index < -0.39 is 27.2 Å². The standard InChI is InChI=1S/C29H39N2O7PSi/c1-6-29(34)23-16-24-26(27(32)22(23)18-38-28(29)33)31-17-21-19(9-7-10-20(21)15-25(31)30-24)11-14-40(4,5)13-8-12-39(35,36-2)37-3/h7,9-10,15,30,34H,6,8,11-14,16-18H2,1-5H3. The zero-order valence-electron chi connectivity index (χ0n) is 24.0. The summed E-state index contributed by atoms with van der Waals surface area (Å²) >= 11 is 0. The van der Waals surface area contributed by atoms with Gasteiger partial charge in [-0.3, -0.25) is 9.36 Å². The van der Waals surface area contributed by atoms with Crippen LogP contribution < -0.4 is 5.32 Å². The van der Waals surface area contributed by atoms with Crippen LogP contribution >= 0.6 is 7.60 Å². The van der Waals surface area contributed by atoms with Gasteiger partial charge in [-0.2, -0.15) is 0 Å². The van der Waals surface area contributed by atoms with E-state index in [0.29, 0.717) is 36.0 Å². The third kappa shape index (κ3) is 5.05. The van der Waals surface area contributed by atoms with Gasteiger partial charge in [0, 0.05) is 46.1 Å². The quantitative estimate of drug-likeness (QED) is 0.229. The molecule has 3 heterocycles. The number of Topliss-reactive ketones (excluding diaryl/α,β-unsaturated/α-hetero) is 1. The summed E-state index contributed by atoms with van der Waals surface area (Å²) in [4.78, 5) is 28.2. The first kappa shape index (κ1) is 29.0. The van der Waals surface area contributed by atoms with Crippen molar-refractivity contribution in [3.63, 3.8) is 0 Å². The predicted molar refractivity (Wildman–Crippen MR) is 155 cm³/mol. The van der Waals surface area contributed by atoms with Crippen molar-refractivity contribution in [2.45, 2.75) is 69.9 Å². The maximum Gasteiger partial charge on any atom is 0.342 e. The van der Waals surface area contributed by atoms with Gasteiger partial charge in [-0.25, -0.2) is 4.79 Å². The van der Waals surface area contributed by atoms with Gasteiger partial charge in [0.2, 0.25) is 5.78 Å². The summed E-state index contributed by atoms with van der Waals surface area (Å²) in [6, 6.07) is 8.49. The average molecular weight is 587 g/mol. The molecule has 11 heteroatoms. The van der Waals surface area contributed by atoms with Crippen LogP contribution in [0.15, 0.2) is 46.6 Å². The van der Waals surface area contributed by atoms with Gasteiger partial charge in [0.15, 0.2) is 5.60 Å². The van der Waals surface area contributed by atoms with E-state index in [0.717, 1.165) is 42.0 Å². The number of fused-ring (bicyclic) bond motifs is 3. The molecule has 3 aliphatic heterocycles. The first-order chi connectivity index (χ1) is 18.9. The fraction of sp³-hybridized carbons (Fsp3) is 0.517. The number of aryl methyl sites for hydroxylation is 1. The van der Waals surface area contributed by atoms with Gasteiger partial charge in [0.25, 0.3) is 0 Å². The largest absolute Gasteiger partial charge is 0.458 e. The molecule has 0 fully saturated rings. The first-order valence-electron chi connectivity index (χ1n) is 13.9. The summed E-state index contributed by atoms with van der Waals surface area (Å²) in [6.45, 7) is 6.92. The minimum atomic E-state index is -2.98. The molecular formula is C29H39N2O7PSi. The van der Waals surface area contributed by atoms with Crippen LogP contribution in [0, 0.1) is 0 Å². The lowest BCUT2D eigenvalue weighted by molar-refractivity contribution is -0.163. The summed E-state index contributed by atoms with van der Waals surface area (Å²) in [7, 11) is -1.68. The van der Waals surface area contributed by atoms with Gasteiger partial charge in [-0.1, -0.05) is 50.3 Å². The van der Waals surface area contributed by atoms with E-state index in [1.54, 1.807) is 6.92 Å². The summed E-state index contributed by atoms with van der Waals surface area (Å²) in [5.74, 6) is -0.0357. The van der Waals surface area contributed by atoms with Crippen molar-refractivity contribution in [3.8, 4) is 0 Å². The van der Waals surface area contributed by atoms with Crippen LogP contribution in [0.2, 0.25) is 25.2 Å². The summed E-state index contributed by atoms with van der Waals surface area (Å²) in [5, 5.41) is 14.5. The van der Waals surface area contributed by atoms with E-state index in [-0.39, 0.29) is 18.8 Å². The molecule has 5 rings (SSSR count). The zero-order chi connectivity index (χ0) is 28.9. The molecule has 0 bridgehead atoms. The first-order valence-corrected chi connectivity index (χ1v) is 19.1. The number of ether oxygens (including phenoxy) is 1. The Kier molecular flexibility index (Phi) is 7.78. The van der Waals surface area contributed by atoms with Gasteiger partial charge < -0.3 is 29.1 Å². The van der Waals surface area contributed by atoms with E-state index in [1.165, 1.54) is 25.3 Å². The Hall–Kier alpha value is -2.49. The lowest BCUT2D eigenvalue weighted by Gasteiger charge is -2.36. The summed E-state index contributed by atoms with van der Waals surface area (Å²) in [5.41, 5.74) is 4.01. The Bertz CT molecular complexity index is 1390. The van der Waals surface area contributed by atoms with E-state index in [9.17, 15) is 19.3 Å². The van der Waals surface area contributed by atoms with Crippen LogP contribution in [0.5, 0.6) is 0 Å². The lowest BCUT2D eigenvalue weighted by Crippen LogP contribution is -2.48. The Morgan fingerprint density at radius 3 is 2.65 bits per heavy atom. The van der Waals surface area contributed by atoms with E-state index in [4.69, 9.17) is 13.8 Å². The minimum absolute atomic E-state index is 0.106. The fourth-order valence-electron chi connectivity index (χ4n) is 6.21. The van der Waals surface area contributed by atoms with Crippen molar-refractivity contribution >= 4 is 33.5 Å². The second-order valence-electron chi connectivity index (χ2n) is 11.8. The highest BCUT2D eigenvalue weighted by molar-refractivity contribution is 7.53. The molecule has 4 aliphatic rings. The van der Waals surface area contributed by atoms with Crippen LogP contribution in [0.4, 0.5) is 0 Å². The number of carbonyl (C=O) groups is 2. The normalized spacial score (nSPS) is 22.4. The molecule has 0 saturated carbocycles. The number of rotatable bonds is 10. The van der Waals surface area contributed by atoms with Crippen LogP contribution in [0.25, 0.3) is 6.08 Å². The number of allylic oxidation sites excluding steroid dienone is 2. The molecule has 0 spiro atoms. The molecule has 1 aromatic carbocycles. The van der Waals surface area contributed by atoms with Crippen LogP contribution in [-0.2, 0) is 40.9 Å². The number of nitrogens with zero attached hydrogens (tertiary/aromatic N) is 1. The summed E-state index contributed by atoms with van der Waals surface area (Å²) < 4.78 is 27.8. The monoisotopic (exact) mass is 586 g/mol. The van der Waals surface area contributed by atoms with Crippen molar-refractivity contribution in [2.24, 2.45) is 0 Å². The number of hydrogen-bond acceptors (Lipinski definition) is 9. The van der Waals surface area contributed by atoms with Crippen LogP contribution in [0.1, 0.15) is 42.9 Å². The van der Waals surface area contributed by atoms with E-state index in [1.807, 2.05) is 4.90 Å². The maximum absolute atomic E-state index is 13.7. The van der Waals surface area contributed by atoms with Crippen molar-refractivity contribution < 1.29 is 33.0 Å². The number of hydrogen-bond donors (Lipinski definition) is 2. The maximum atomic E-state index is 13.7. The smallest absolute Gasteiger partial charge is 0.342 e. The van der Waals surface area contributed by atoms with Crippen LogP contribution in [0.3, 0.4) is 0 Å². The molecule has 0 radical (unpaired) electrons. The van der Waals surface area contributed by atoms with Crippen molar-refractivity contribution in [2.75, 3.05) is 27.0 Å². The molecule has 40 heavy (non-hydrogen) atoms. The number of esters is 1. The topological polar surface area (TPSA) is 114 Å². The Morgan fingerprint density at radius 1 is 1.20 bits per heavy atom. The average Bonchev–Trinajstić information content (AvgIpc) is 3.30. The van der Waals surface area contributed by atoms with Gasteiger partial charge in [0.1, 0.15) is 18.1 Å². The highest BCUT2D eigenvalue weighted by atomic mass is 31.2. The fourth-order valence-corrected chi connectivity index (χ4v) is 9.90. The van der Waals surface area contributed by atoms with Gasteiger partial charge in [-0.05, 0) is 47.6 Å². The Balaban J connectivity index is 1.32. The van der Waals surface area contributed by atoms with Crippen molar-refractivity contribution in [1.29, 1.82) is 0 Å². The second-order valence-corrected chi connectivity index (χ2v) is 19.5. The third-order valence-electron chi connectivity index (χ3n) is 8.86. The number of cyclic esters (lactones) is 1. The Labute approximate surface area is 236 Å². The van der Waals surface area contributed by atoms with Crippen molar-refractivity contribution in [3.05, 3.63) is 63.3 Å². The SMILES string of the molecule is CCC1(O)C(=O)OCC2=C1CC1=C(C2=O)N2Cc3c(cccc3CC[Si](C)(C)CCCP(=O)(OC)OC)C=C2N1. The molecule has 2 N–H and O–H groups in total. The van der Waals surface area contributed by atoms with Gasteiger partial charge in [0.05, 0.1) is 6.54 Å². The number of benzene rings is 1. The van der Waals surface area contributed by atoms with E-state index in [2.05, 4.69) is 42.7 Å². The van der Waals surface area contributed by atoms with Gasteiger partial charge in [-0.15, -0.1) is 0 Å². The molecule has 216 valence electrons. The molecule has 1 aliphatic carbocycles. The highest BCUT2D eigenvalue weighted by Crippen LogP contribution is 2.48. The number of ketones is 1. The summed E-state index contributed by atoms with van der Waals surface area (Å²) in [6.07, 6.45) is 4.73. The Morgan fingerprint density at radius 2 is 1.95 bits per heavy atom. The molecular weight excluding hydrogens is 547 g/mol.